The van der Waals surface area contributed by atoms with Crippen molar-refractivity contribution in [1.29, 1.82) is 0 Å². The summed E-state index contributed by atoms with van der Waals surface area (Å²) < 4.78 is 21.1. The van der Waals surface area contributed by atoms with E-state index in [9.17, 15) is 0 Å². The van der Waals surface area contributed by atoms with Gasteiger partial charge in [-0.2, -0.15) is 0 Å². The third-order valence-corrected chi connectivity index (χ3v) is 10.4. The van der Waals surface area contributed by atoms with Crippen LogP contribution < -0.4 is 0 Å². The van der Waals surface area contributed by atoms with Crippen molar-refractivity contribution < 1.29 is 13.3 Å². The summed E-state index contributed by atoms with van der Waals surface area (Å²) in [7, 11) is 0. The Kier molecular flexibility index (Phi) is 5.41. The number of nitrogens with zero attached hydrogens (tertiary/aromatic N) is 3. The van der Waals surface area contributed by atoms with Gasteiger partial charge in [0.15, 0.2) is 0 Å². The third-order valence-electron chi connectivity index (χ3n) is 10.4. The minimum absolute atomic E-state index is 0.573. The zero-order valence-electron chi connectivity index (χ0n) is 27.5. The van der Waals surface area contributed by atoms with Gasteiger partial charge in [-0.15, -0.1) is 0 Å². The number of aromatic nitrogens is 3. The summed E-state index contributed by atoms with van der Waals surface area (Å²) in [5.74, 6) is 0.573. The molecule has 0 amide bonds. The fourth-order valence-corrected chi connectivity index (χ4v) is 8.05. The number of furan rings is 3. The quantitative estimate of drug-likeness (QED) is 0.188. The van der Waals surface area contributed by atoms with E-state index in [-0.39, 0.29) is 0 Å². The molecule has 5 heterocycles. The second-order valence-electron chi connectivity index (χ2n) is 13.3. The van der Waals surface area contributed by atoms with Crippen LogP contribution in [0.4, 0.5) is 0 Å². The molecule has 0 fully saturated rings. The SMILES string of the molecule is c1ccc2c(c1)oc1ccc(-c3cc(-c4ccc5oc6ccccc6c5c4)nc(-n4c5ccccc5c5c6oc7ccccc7c6ccc54)n3)cc12. The molecular formula is C46H25N3O3. The molecule has 12 rings (SSSR count). The van der Waals surface area contributed by atoms with E-state index in [4.69, 9.17) is 23.2 Å². The molecular weight excluding hydrogens is 643 g/mol. The van der Waals surface area contributed by atoms with Gasteiger partial charge in [-0.1, -0.05) is 72.8 Å². The van der Waals surface area contributed by atoms with Gasteiger partial charge < -0.3 is 13.3 Å². The summed E-state index contributed by atoms with van der Waals surface area (Å²) in [5, 5.41) is 8.54. The van der Waals surface area contributed by atoms with E-state index in [0.717, 1.165) is 110 Å². The fourth-order valence-electron chi connectivity index (χ4n) is 8.05. The highest BCUT2D eigenvalue weighted by molar-refractivity contribution is 6.23. The molecule has 6 heteroatoms. The van der Waals surface area contributed by atoms with Gasteiger partial charge in [0.1, 0.15) is 33.5 Å². The van der Waals surface area contributed by atoms with E-state index >= 15 is 0 Å². The molecule has 0 bridgehead atoms. The van der Waals surface area contributed by atoms with Gasteiger partial charge in [-0.3, -0.25) is 4.57 Å². The fraction of sp³-hybridized carbons (Fsp3) is 0. The highest BCUT2D eigenvalue weighted by atomic mass is 16.3. The number of fused-ring (bicyclic) bond motifs is 13. The Morgan fingerprint density at radius 3 is 1.48 bits per heavy atom. The van der Waals surface area contributed by atoms with Crippen molar-refractivity contribution in [3.8, 4) is 28.5 Å². The van der Waals surface area contributed by atoms with Crippen molar-refractivity contribution in [2.45, 2.75) is 0 Å². The van der Waals surface area contributed by atoms with Crippen LogP contribution in [0, 0.1) is 0 Å². The van der Waals surface area contributed by atoms with Crippen molar-refractivity contribution in [1.82, 2.24) is 14.5 Å². The summed E-state index contributed by atoms with van der Waals surface area (Å²) in [6.07, 6.45) is 0. The summed E-state index contributed by atoms with van der Waals surface area (Å²) in [6, 6.07) is 51.9. The van der Waals surface area contributed by atoms with Crippen LogP contribution in [0.15, 0.2) is 165 Å². The predicted molar refractivity (Wildman–Crippen MR) is 209 cm³/mol. The molecule has 0 aliphatic carbocycles. The Balaban J connectivity index is 1.16. The number of hydrogen-bond acceptors (Lipinski definition) is 5. The van der Waals surface area contributed by atoms with Gasteiger partial charge >= 0.3 is 0 Å². The Labute approximate surface area is 294 Å². The molecule has 0 aliphatic heterocycles. The van der Waals surface area contributed by atoms with E-state index in [1.165, 1.54) is 0 Å². The highest BCUT2D eigenvalue weighted by Crippen LogP contribution is 2.41. The van der Waals surface area contributed by atoms with Crippen molar-refractivity contribution in [2.75, 3.05) is 0 Å². The zero-order chi connectivity index (χ0) is 33.9. The normalized spacial score (nSPS) is 12.2. The van der Waals surface area contributed by atoms with Crippen molar-refractivity contribution in [2.24, 2.45) is 0 Å². The van der Waals surface area contributed by atoms with Gasteiger partial charge in [0.25, 0.3) is 0 Å². The minimum atomic E-state index is 0.573. The molecule has 5 aromatic heterocycles. The number of para-hydroxylation sites is 4. The van der Waals surface area contributed by atoms with E-state index < -0.39 is 0 Å². The lowest BCUT2D eigenvalue weighted by Gasteiger charge is -2.12. The van der Waals surface area contributed by atoms with E-state index in [1.54, 1.807) is 0 Å². The standard InChI is InChI=1S/C46H25N3O3/c1-5-13-37-32(12-1)44-38(20-19-31-28-9-2-8-16-41(28)52-45(31)44)49(37)46-47-35(26-17-21-42-33(23-26)29-10-3-6-14-39(29)50-42)25-36(48-46)27-18-22-43-34(24-27)30-11-4-7-15-40(30)51-43/h1-25H. The molecule has 0 spiro atoms. The van der Waals surface area contributed by atoms with Gasteiger partial charge in [-0.05, 0) is 78.9 Å². The topological polar surface area (TPSA) is 70.1 Å². The maximum absolute atomic E-state index is 6.57. The van der Waals surface area contributed by atoms with Gasteiger partial charge in [0, 0.05) is 48.8 Å². The molecule has 0 N–H and O–H groups in total. The molecule has 242 valence electrons. The van der Waals surface area contributed by atoms with E-state index in [1.807, 2.05) is 60.7 Å². The Bertz CT molecular complexity index is 3300. The summed E-state index contributed by atoms with van der Waals surface area (Å²) >= 11 is 0. The Morgan fingerprint density at radius 2 is 0.865 bits per heavy atom. The maximum Gasteiger partial charge on any atom is 0.235 e. The second kappa shape index (κ2) is 10.2. The summed E-state index contributed by atoms with van der Waals surface area (Å²) in [4.78, 5) is 10.7. The largest absolute Gasteiger partial charge is 0.456 e. The Hall–Kier alpha value is -7.18. The first kappa shape index (κ1) is 27.6. The number of benzene rings is 7. The van der Waals surface area contributed by atoms with Crippen LogP contribution in [0.2, 0.25) is 0 Å². The Morgan fingerprint density at radius 1 is 0.365 bits per heavy atom. The second-order valence-corrected chi connectivity index (χ2v) is 13.3. The van der Waals surface area contributed by atoms with Crippen molar-refractivity contribution in [3.05, 3.63) is 152 Å². The van der Waals surface area contributed by atoms with Crippen LogP contribution in [0.3, 0.4) is 0 Å². The molecule has 0 saturated carbocycles. The summed E-state index contributed by atoms with van der Waals surface area (Å²) in [6.45, 7) is 0. The first-order chi connectivity index (χ1) is 25.7. The average molecular weight is 668 g/mol. The molecule has 7 aromatic carbocycles. The number of rotatable bonds is 3. The molecule has 0 radical (unpaired) electrons. The first-order valence-corrected chi connectivity index (χ1v) is 17.3. The highest BCUT2D eigenvalue weighted by Gasteiger charge is 2.21. The summed E-state index contributed by atoms with van der Waals surface area (Å²) in [5.41, 5.74) is 10.7. The van der Waals surface area contributed by atoms with Crippen LogP contribution >= 0.6 is 0 Å². The predicted octanol–water partition coefficient (Wildman–Crippen LogP) is 12.6. The van der Waals surface area contributed by atoms with Crippen molar-refractivity contribution >= 4 is 87.6 Å². The molecule has 0 saturated heterocycles. The first-order valence-electron chi connectivity index (χ1n) is 17.3. The minimum Gasteiger partial charge on any atom is -0.456 e. The maximum atomic E-state index is 6.57. The zero-order valence-corrected chi connectivity index (χ0v) is 27.5. The lowest BCUT2D eigenvalue weighted by atomic mass is 10.0. The number of hydrogen-bond donors (Lipinski definition) is 0. The average Bonchev–Trinajstić information content (AvgIpc) is 3.95. The monoisotopic (exact) mass is 667 g/mol. The van der Waals surface area contributed by atoms with E-state index in [0.29, 0.717) is 5.95 Å². The molecule has 0 unspecified atom stereocenters. The van der Waals surface area contributed by atoms with Crippen LogP contribution in [0.1, 0.15) is 0 Å². The van der Waals surface area contributed by atoms with Gasteiger partial charge in [-0.25, -0.2) is 9.97 Å². The molecule has 52 heavy (non-hydrogen) atoms. The van der Waals surface area contributed by atoms with Crippen LogP contribution in [-0.2, 0) is 0 Å². The van der Waals surface area contributed by atoms with Crippen LogP contribution in [0.25, 0.3) is 116 Å². The molecule has 0 aliphatic rings. The molecule has 0 atom stereocenters. The smallest absolute Gasteiger partial charge is 0.235 e. The lowest BCUT2D eigenvalue weighted by molar-refractivity contribution is 0.668. The molecule has 6 nitrogen and oxygen atoms in total. The third kappa shape index (κ3) is 3.83. The van der Waals surface area contributed by atoms with Gasteiger partial charge in [0.2, 0.25) is 5.95 Å². The van der Waals surface area contributed by atoms with Gasteiger partial charge in [0.05, 0.1) is 27.8 Å². The van der Waals surface area contributed by atoms with Crippen molar-refractivity contribution in [3.63, 3.8) is 0 Å². The lowest BCUT2D eigenvalue weighted by Crippen LogP contribution is -2.04. The van der Waals surface area contributed by atoms with E-state index in [2.05, 4.69) is 95.6 Å². The van der Waals surface area contributed by atoms with Crippen LogP contribution in [0.5, 0.6) is 0 Å². The van der Waals surface area contributed by atoms with Crippen LogP contribution in [-0.4, -0.2) is 14.5 Å². The molecule has 12 aromatic rings.